The summed E-state index contributed by atoms with van der Waals surface area (Å²) in [5.41, 5.74) is 0. The third-order valence-corrected chi connectivity index (χ3v) is 4.44. The summed E-state index contributed by atoms with van der Waals surface area (Å²) in [4.78, 5) is 11.3. The van der Waals surface area contributed by atoms with Gasteiger partial charge in [-0.15, -0.1) is 0 Å². The van der Waals surface area contributed by atoms with Gasteiger partial charge in [-0.1, -0.05) is 18.5 Å². The van der Waals surface area contributed by atoms with E-state index in [0.717, 1.165) is 62.3 Å². The topological polar surface area (TPSA) is 72.9 Å². The van der Waals surface area contributed by atoms with Crippen LogP contribution in [-0.4, -0.2) is 42.4 Å². The first-order valence-corrected chi connectivity index (χ1v) is 8.59. The van der Waals surface area contributed by atoms with Gasteiger partial charge >= 0.3 is 0 Å². The van der Waals surface area contributed by atoms with Crippen molar-refractivity contribution in [2.75, 3.05) is 6.54 Å². The van der Waals surface area contributed by atoms with Crippen LogP contribution in [0.15, 0.2) is 4.52 Å². The van der Waals surface area contributed by atoms with Crippen molar-refractivity contribution in [2.45, 2.75) is 72.0 Å². The summed E-state index contributed by atoms with van der Waals surface area (Å²) in [6.07, 6.45) is 5.50. The molecule has 0 amide bonds. The highest BCUT2D eigenvalue weighted by Gasteiger charge is 2.27. The smallest absolute Gasteiger partial charge is 0.226 e. The number of rotatable bonds is 7. The van der Waals surface area contributed by atoms with Gasteiger partial charge in [-0.2, -0.15) is 10.1 Å². The molecule has 7 heteroatoms. The lowest BCUT2D eigenvalue weighted by Crippen LogP contribution is -2.33. The second kappa shape index (κ2) is 7.21. The lowest BCUT2D eigenvalue weighted by Gasteiger charge is -2.23. The van der Waals surface area contributed by atoms with Crippen LogP contribution < -0.4 is 0 Å². The van der Waals surface area contributed by atoms with Crippen LogP contribution in [0.2, 0.25) is 0 Å². The zero-order chi connectivity index (χ0) is 16.2. The van der Waals surface area contributed by atoms with E-state index in [1.165, 1.54) is 12.8 Å². The highest BCUT2D eigenvalue weighted by atomic mass is 16.5. The molecule has 0 spiro atoms. The van der Waals surface area contributed by atoms with Gasteiger partial charge in [0.1, 0.15) is 11.6 Å². The summed E-state index contributed by atoms with van der Waals surface area (Å²) in [5.74, 6) is 3.39. The maximum atomic E-state index is 5.34. The lowest BCUT2D eigenvalue weighted by molar-refractivity contribution is 0.210. The molecule has 1 atom stereocenters. The van der Waals surface area contributed by atoms with Crippen LogP contribution in [-0.2, 0) is 19.5 Å². The Morgan fingerprint density at radius 2 is 2.13 bits per heavy atom. The molecule has 3 rings (SSSR count). The quantitative estimate of drug-likeness (QED) is 0.780. The molecule has 2 aromatic rings. The Bertz CT molecular complexity index is 634. The van der Waals surface area contributed by atoms with E-state index in [4.69, 9.17) is 4.52 Å². The first-order chi connectivity index (χ1) is 11.2. The fourth-order valence-electron chi connectivity index (χ4n) is 3.21. The van der Waals surface area contributed by atoms with E-state index in [-0.39, 0.29) is 0 Å². The van der Waals surface area contributed by atoms with Gasteiger partial charge in [0.15, 0.2) is 5.82 Å². The second-order valence-electron chi connectivity index (χ2n) is 6.36. The number of aryl methyl sites for hydroxylation is 3. The Kier molecular flexibility index (Phi) is 5.05. The van der Waals surface area contributed by atoms with Crippen LogP contribution in [0.3, 0.4) is 0 Å². The molecule has 2 aromatic heterocycles. The molecule has 0 bridgehead atoms. The molecule has 126 valence electrons. The SMILES string of the molecule is CCCCc1nc(CN2CCCC2Cn2nc(C)nc2C)no1. The summed E-state index contributed by atoms with van der Waals surface area (Å²) in [6.45, 7) is 8.84. The second-order valence-corrected chi connectivity index (χ2v) is 6.36. The van der Waals surface area contributed by atoms with E-state index in [9.17, 15) is 0 Å². The van der Waals surface area contributed by atoms with Crippen molar-refractivity contribution in [3.63, 3.8) is 0 Å². The zero-order valence-corrected chi connectivity index (χ0v) is 14.3. The number of likely N-dealkylation sites (tertiary alicyclic amines) is 1. The molecule has 1 aliphatic rings. The van der Waals surface area contributed by atoms with Crippen molar-refractivity contribution >= 4 is 0 Å². The predicted octanol–water partition coefficient (Wildman–Crippen LogP) is 2.29. The number of nitrogens with zero attached hydrogens (tertiary/aromatic N) is 6. The molecule has 1 fully saturated rings. The van der Waals surface area contributed by atoms with Crippen LogP contribution in [0.1, 0.15) is 56.0 Å². The van der Waals surface area contributed by atoms with Gasteiger partial charge in [0.2, 0.25) is 5.89 Å². The largest absolute Gasteiger partial charge is 0.339 e. The van der Waals surface area contributed by atoms with Crippen LogP contribution in [0.25, 0.3) is 0 Å². The number of hydrogen-bond acceptors (Lipinski definition) is 6. The molecule has 1 saturated heterocycles. The highest BCUT2D eigenvalue weighted by molar-refractivity contribution is 4.92. The van der Waals surface area contributed by atoms with Crippen molar-refractivity contribution in [3.8, 4) is 0 Å². The molecule has 23 heavy (non-hydrogen) atoms. The fraction of sp³-hybridized carbons (Fsp3) is 0.750. The summed E-state index contributed by atoms with van der Waals surface area (Å²) >= 11 is 0. The van der Waals surface area contributed by atoms with Gasteiger partial charge in [-0.25, -0.2) is 9.67 Å². The minimum absolute atomic E-state index is 0.465. The molecule has 0 aliphatic carbocycles. The molecular formula is C16H26N6O. The normalized spacial score (nSPS) is 18.8. The Hall–Kier alpha value is -1.76. The van der Waals surface area contributed by atoms with Gasteiger partial charge in [0, 0.05) is 12.5 Å². The van der Waals surface area contributed by atoms with E-state index in [2.05, 4.69) is 32.0 Å². The summed E-state index contributed by atoms with van der Waals surface area (Å²) in [6, 6.07) is 0.465. The van der Waals surface area contributed by atoms with Crippen molar-refractivity contribution in [1.29, 1.82) is 0 Å². The number of aromatic nitrogens is 5. The molecule has 3 heterocycles. The maximum Gasteiger partial charge on any atom is 0.226 e. The fourth-order valence-corrected chi connectivity index (χ4v) is 3.21. The number of hydrogen-bond donors (Lipinski definition) is 0. The Balaban J connectivity index is 1.60. The summed E-state index contributed by atoms with van der Waals surface area (Å²) < 4.78 is 7.35. The molecule has 0 N–H and O–H groups in total. The van der Waals surface area contributed by atoms with E-state index in [1.807, 2.05) is 18.5 Å². The van der Waals surface area contributed by atoms with Gasteiger partial charge in [0.05, 0.1) is 13.1 Å². The van der Waals surface area contributed by atoms with Crippen LogP contribution in [0, 0.1) is 13.8 Å². The number of unbranched alkanes of at least 4 members (excludes halogenated alkanes) is 1. The van der Waals surface area contributed by atoms with Crippen LogP contribution in [0.5, 0.6) is 0 Å². The summed E-state index contributed by atoms with van der Waals surface area (Å²) in [5, 5.41) is 8.62. The Labute approximate surface area is 137 Å². The molecule has 0 aromatic carbocycles. The van der Waals surface area contributed by atoms with E-state index in [1.54, 1.807) is 0 Å². The first-order valence-electron chi connectivity index (χ1n) is 8.59. The van der Waals surface area contributed by atoms with Crippen molar-refractivity contribution < 1.29 is 4.52 Å². The minimum Gasteiger partial charge on any atom is -0.339 e. The maximum absolute atomic E-state index is 5.34. The first kappa shape index (κ1) is 16.1. The van der Waals surface area contributed by atoms with Crippen molar-refractivity contribution in [2.24, 2.45) is 0 Å². The minimum atomic E-state index is 0.465. The Morgan fingerprint density at radius 3 is 2.87 bits per heavy atom. The van der Waals surface area contributed by atoms with Crippen LogP contribution in [0.4, 0.5) is 0 Å². The molecule has 0 radical (unpaired) electrons. The standard InChI is InChI=1S/C16H26N6O/c1-4-5-8-16-18-15(20-23-16)11-21-9-6-7-14(21)10-22-13(3)17-12(2)19-22/h14H,4-11H2,1-3H3. The van der Waals surface area contributed by atoms with Crippen molar-refractivity contribution in [3.05, 3.63) is 23.4 Å². The predicted molar refractivity (Wildman–Crippen MR) is 85.8 cm³/mol. The monoisotopic (exact) mass is 318 g/mol. The van der Waals surface area contributed by atoms with Gasteiger partial charge in [0.25, 0.3) is 0 Å². The third kappa shape index (κ3) is 3.96. The Morgan fingerprint density at radius 1 is 1.26 bits per heavy atom. The average molecular weight is 318 g/mol. The zero-order valence-electron chi connectivity index (χ0n) is 14.3. The lowest BCUT2D eigenvalue weighted by atomic mass is 10.2. The van der Waals surface area contributed by atoms with Gasteiger partial charge < -0.3 is 4.52 Å². The molecule has 1 unspecified atom stereocenters. The van der Waals surface area contributed by atoms with Crippen molar-refractivity contribution in [1.82, 2.24) is 29.8 Å². The molecule has 0 saturated carbocycles. The van der Waals surface area contributed by atoms with E-state index >= 15 is 0 Å². The molecule has 7 nitrogen and oxygen atoms in total. The van der Waals surface area contributed by atoms with E-state index < -0.39 is 0 Å². The third-order valence-electron chi connectivity index (χ3n) is 4.44. The van der Waals surface area contributed by atoms with E-state index in [0.29, 0.717) is 6.04 Å². The van der Waals surface area contributed by atoms with Gasteiger partial charge in [-0.3, -0.25) is 4.90 Å². The highest BCUT2D eigenvalue weighted by Crippen LogP contribution is 2.21. The molecular weight excluding hydrogens is 292 g/mol. The molecule has 1 aliphatic heterocycles. The van der Waals surface area contributed by atoms with Crippen LogP contribution >= 0.6 is 0 Å². The average Bonchev–Trinajstić information content (AvgIpc) is 3.21. The van der Waals surface area contributed by atoms with Gasteiger partial charge in [-0.05, 0) is 39.7 Å². The summed E-state index contributed by atoms with van der Waals surface area (Å²) in [7, 11) is 0.